The van der Waals surface area contributed by atoms with E-state index in [9.17, 15) is 9.59 Å². The van der Waals surface area contributed by atoms with Crippen LogP contribution in [0, 0.1) is 6.92 Å². The Kier molecular flexibility index (Phi) is 4.52. The number of nitrogens with two attached hydrogens (primary N) is 1. The van der Waals surface area contributed by atoms with Crippen LogP contribution < -0.4 is 16.4 Å². The summed E-state index contributed by atoms with van der Waals surface area (Å²) < 4.78 is 1.05. The van der Waals surface area contributed by atoms with Gasteiger partial charge in [0.05, 0.1) is 10.2 Å². The SMILES string of the molecule is Cc1ccc2nc(NC(=O)CCCNC(N)=O)sc2c1. The average Bonchev–Trinajstić information content (AvgIpc) is 2.75. The van der Waals surface area contributed by atoms with Gasteiger partial charge in [0.25, 0.3) is 0 Å². The number of aromatic nitrogens is 1. The highest BCUT2D eigenvalue weighted by Crippen LogP contribution is 2.26. The van der Waals surface area contributed by atoms with Crippen LogP contribution in [0.4, 0.5) is 9.93 Å². The van der Waals surface area contributed by atoms with Crippen molar-refractivity contribution in [3.8, 4) is 0 Å². The first-order valence-corrected chi connectivity index (χ1v) is 7.06. The summed E-state index contributed by atoms with van der Waals surface area (Å²) in [6, 6.07) is 5.39. The molecule has 0 bridgehead atoms. The Bertz CT molecular complexity index is 638. The number of benzene rings is 1. The normalized spacial score (nSPS) is 10.4. The molecular formula is C13H16N4O2S. The topological polar surface area (TPSA) is 97.1 Å². The highest BCUT2D eigenvalue weighted by atomic mass is 32.1. The fourth-order valence-electron chi connectivity index (χ4n) is 1.73. The number of hydrogen-bond donors (Lipinski definition) is 3. The molecule has 0 unspecified atom stereocenters. The monoisotopic (exact) mass is 292 g/mol. The summed E-state index contributed by atoms with van der Waals surface area (Å²) in [4.78, 5) is 26.5. The summed E-state index contributed by atoms with van der Waals surface area (Å²) in [5.74, 6) is -0.118. The number of primary amides is 1. The van der Waals surface area contributed by atoms with Crippen LogP contribution in [0.15, 0.2) is 18.2 Å². The maximum absolute atomic E-state index is 11.7. The third-order valence-electron chi connectivity index (χ3n) is 2.67. The minimum Gasteiger partial charge on any atom is -0.352 e. The largest absolute Gasteiger partial charge is 0.352 e. The summed E-state index contributed by atoms with van der Waals surface area (Å²) in [6.07, 6.45) is 0.855. The molecule has 6 nitrogen and oxygen atoms in total. The Hall–Kier alpha value is -2.15. The summed E-state index contributed by atoms with van der Waals surface area (Å²) >= 11 is 1.45. The number of anilines is 1. The zero-order valence-corrected chi connectivity index (χ0v) is 11.9. The van der Waals surface area contributed by atoms with E-state index in [1.807, 2.05) is 25.1 Å². The van der Waals surface area contributed by atoms with Gasteiger partial charge < -0.3 is 16.4 Å². The van der Waals surface area contributed by atoms with Crippen LogP contribution in [-0.2, 0) is 4.79 Å². The van der Waals surface area contributed by atoms with Crippen LogP contribution in [-0.4, -0.2) is 23.5 Å². The zero-order chi connectivity index (χ0) is 14.5. The lowest BCUT2D eigenvalue weighted by atomic mass is 10.2. The van der Waals surface area contributed by atoms with Gasteiger partial charge >= 0.3 is 6.03 Å². The van der Waals surface area contributed by atoms with Gasteiger partial charge in [0.15, 0.2) is 5.13 Å². The molecule has 106 valence electrons. The summed E-state index contributed by atoms with van der Waals surface area (Å²) in [5.41, 5.74) is 6.97. The van der Waals surface area contributed by atoms with Gasteiger partial charge in [-0.1, -0.05) is 17.4 Å². The van der Waals surface area contributed by atoms with E-state index in [0.717, 1.165) is 15.8 Å². The summed E-state index contributed by atoms with van der Waals surface area (Å²) in [5, 5.41) is 5.80. The Morgan fingerprint density at radius 1 is 1.40 bits per heavy atom. The number of thiazole rings is 1. The van der Waals surface area contributed by atoms with E-state index in [0.29, 0.717) is 24.5 Å². The second-order valence-corrected chi connectivity index (χ2v) is 5.46. The Morgan fingerprint density at radius 3 is 2.95 bits per heavy atom. The number of carbonyl (C=O) groups is 2. The van der Waals surface area contributed by atoms with Crippen molar-refractivity contribution in [2.75, 3.05) is 11.9 Å². The Labute approximate surface area is 120 Å². The van der Waals surface area contributed by atoms with Crippen LogP contribution in [0.5, 0.6) is 0 Å². The molecule has 20 heavy (non-hydrogen) atoms. The molecule has 0 radical (unpaired) electrons. The van der Waals surface area contributed by atoms with E-state index < -0.39 is 6.03 Å². The summed E-state index contributed by atoms with van der Waals surface area (Å²) in [7, 11) is 0. The molecule has 3 amide bonds. The highest BCUT2D eigenvalue weighted by Gasteiger charge is 2.07. The van der Waals surface area contributed by atoms with Crippen LogP contribution >= 0.6 is 11.3 Å². The van der Waals surface area contributed by atoms with E-state index in [1.165, 1.54) is 11.3 Å². The fourth-order valence-corrected chi connectivity index (χ4v) is 2.71. The van der Waals surface area contributed by atoms with Crippen molar-refractivity contribution in [2.24, 2.45) is 5.73 Å². The number of nitrogens with one attached hydrogen (secondary N) is 2. The second-order valence-electron chi connectivity index (χ2n) is 4.43. The van der Waals surface area contributed by atoms with Crippen LogP contribution in [0.3, 0.4) is 0 Å². The predicted octanol–water partition coefficient (Wildman–Crippen LogP) is 1.99. The number of urea groups is 1. The highest BCUT2D eigenvalue weighted by molar-refractivity contribution is 7.22. The van der Waals surface area contributed by atoms with Crippen molar-refractivity contribution in [3.63, 3.8) is 0 Å². The van der Waals surface area contributed by atoms with Crippen molar-refractivity contribution < 1.29 is 9.59 Å². The Balaban J connectivity index is 1.88. The van der Waals surface area contributed by atoms with Crippen LogP contribution in [0.1, 0.15) is 18.4 Å². The van der Waals surface area contributed by atoms with E-state index in [4.69, 9.17) is 5.73 Å². The first-order valence-electron chi connectivity index (χ1n) is 6.25. The third kappa shape index (κ3) is 3.92. The van der Waals surface area contributed by atoms with E-state index in [2.05, 4.69) is 15.6 Å². The smallest absolute Gasteiger partial charge is 0.312 e. The Morgan fingerprint density at radius 2 is 2.20 bits per heavy atom. The zero-order valence-electron chi connectivity index (χ0n) is 11.1. The molecule has 0 aliphatic rings. The van der Waals surface area contributed by atoms with Crippen molar-refractivity contribution in [1.82, 2.24) is 10.3 Å². The van der Waals surface area contributed by atoms with Crippen molar-refractivity contribution in [3.05, 3.63) is 23.8 Å². The van der Waals surface area contributed by atoms with Gasteiger partial charge in [0.1, 0.15) is 0 Å². The van der Waals surface area contributed by atoms with Crippen molar-refractivity contribution in [2.45, 2.75) is 19.8 Å². The first-order chi connectivity index (χ1) is 9.54. The molecule has 0 fully saturated rings. The van der Waals surface area contributed by atoms with Crippen molar-refractivity contribution in [1.29, 1.82) is 0 Å². The van der Waals surface area contributed by atoms with Crippen LogP contribution in [0.2, 0.25) is 0 Å². The molecule has 1 aromatic heterocycles. The quantitative estimate of drug-likeness (QED) is 0.735. The molecule has 2 rings (SSSR count). The number of carbonyl (C=O) groups excluding carboxylic acids is 2. The van der Waals surface area contributed by atoms with Crippen molar-refractivity contribution >= 4 is 38.6 Å². The van der Waals surface area contributed by atoms with Gasteiger partial charge in [-0.25, -0.2) is 9.78 Å². The minimum atomic E-state index is -0.577. The number of hydrogen-bond acceptors (Lipinski definition) is 4. The molecule has 2 aromatic rings. The fraction of sp³-hybridized carbons (Fsp3) is 0.308. The van der Waals surface area contributed by atoms with Gasteiger partial charge in [-0.3, -0.25) is 4.79 Å². The summed E-state index contributed by atoms with van der Waals surface area (Å²) in [6.45, 7) is 2.41. The number of fused-ring (bicyclic) bond motifs is 1. The minimum absolute atomic E-state index is 0.118. The van der Waals surface area contributed by atoms with Gasteiger partial charge in [-0.15, -0.1) is 0 Å². The van der Waals surface area contributed by atoms with Gasteiger partial charge in [-0.05, 0) is 31.0 Å². The lowest BCUT2D eigenvalue weighted by Gasteiger charge is -2.02. The van der Waals surface area contributed by atoms with Gasteiger partial charge in [0, 0.05) is 13.0 Å². The number of aryl methyl sites for hydroxylation is 1. The molecule has 0 spiro atoms. The van der Waals surface area contributed by atoms with E-state index >= 15 is 0 Å². The lowest BCUT2D eigenvalue weighted by Crippen LogP contribution is -2.30. The predicted molar refractivity (Wildman–Crippen MR) is 79.8 cm³/mol. The molecule has 0 saturated heterocycles. The molecule has 0 aliphatic carbocycles. The standard InChI is InChI=1S/C13H16N4O2S/c1-8-4-5-9-10(7-8)20-13(16-9)17-11(18)3-2-6-15-12(14)19/h4-5,7H,2-3,6H2,1H3,(H3,14,15,19)(H,16,17,18). The number of rotatable bonds is 5. The van der Waals surface area contributed by atoms with Crippen LogP contribution in [0.25, 0.3) is 10.2 Å². The van der Waals surface area contributed by atoms with Gasteiger partial charge in [0.2, 0.25) is 5.91 Å². The van der Waals surface area contributed by atoms with E-state index in [1.54, 1.807) is 0 Å². The maximum atomic E-state index is 11.7. The molecule has 4 N–H and O–H groups in total. The number of amides is 3. The average molecular weight is 292 g/mol. The molecule has 0 saturated carbocycles. The second kappa shape index (κ2) is 6.33. The molecule has 1 heterocycles. The third-order valence-corrected chi connectivity index (χ3v) is 3.60. The van der Waals surface area contributed by atoms with E-state index in [-0.39, 0.29) is 5.91 Å². The molecule has 7 heteroatoms. The molecule has 1 aromatic carbocycles. The molecule has 0 aliphatic heterocycles. The maximum Gasteiger partial charge on any atom is 0.312 e. The molecular weight excluding hydrogens is 276 g/mol. The lowest BCUT2D eigenvalue weighted by molar-refractivity contribution is -0.116. The van der Waals surface area contributed by atoms with Gasteiger partial charge in [-0.2, -0.15) is 0 Å². The molecule has 0 atom stereocenters. The number of nitrogens with zero attached hydrogens (tertiary/aromatic N) is 1. The first kappa shape index (κ1) is 14.3.